The standard InChI is InChI=1S/C15H15Cl2N5O2/c16-9-1-4-12(17)13(5-9)21-15(24)20-11-6-18-22(7-11)8-14(23)19-10-2-3-10/h1,4-7,10H,2-3,8H2,(H,19,23)(H2,20,21,24). The highest BCUT2D eigenvalue weighted by atomic mass is 35.5. The molecule has 9 heteroatoms. The number of benzene rings is 1. The summed E-state index contributed by atoms with van der Waals surface area (Å²) >= 11 is 11.9. The van der Waals surface area contributed by atoms with Gasteiger partial charge in [-0.25, -0.2) is 4.79 Å². The summed E-state index contributed by atoms with van der Waals surface area (Å²) in [6.45, 7) is 0.111. The maximum atomic E-state index is 12.0. The average Bonchev–Trinajstić information content (AvgIpc) is 3.22. The Kier molecular flexibility index (Phi) is 4.92. The van der Waals surface area contributed by atoms with Gasteiger partial charge >= 0.3 is 6.03 Å². The van der Waals surface area contributed by atoms with Crippen molar-refractivity contribution in [3.8, 4) is 0 Å². The molecule has 1 aromatic heterocycles. The molecule has 3 rings (SSSR count). The highest BCUT2D eigenvalue weighted by Crippen LogP contribution is 2.25. The third-order valence-electron chi connectivity index (χ3n) is 3.32. The Labute approximate surface area is 148 Å². The third kappa shape index (κ3) is 4.62. The Morgan fingerprint density at radius 3 is 2.79 bits per heavy atom. The van der Waals surface area contributed by atoms with Gasteiger partial charge in [0.2, 0.25) is 5.91 Å². The van der Waals surface area contributed by atoms with Crippen LogP contribution in [0.1, 0.15) is 12.8 Å². The van der Waals surface area contributed by atoms with Crippen LogP contribution < -0.4 is 16.0 Å². The molecular weight excluding hydrogens is 353 g/mol. The summed E-state index contributed by atoms with van der Waals surface area (Å²) in [6, 6.07) is 4.59. The van der Waals surface area contributed by atoms with Crippen molar-refractivity contribution < 1.29 is 9.59 Å². The van der Waals surface area contributed by atoms with Crippen LogP contribution in [0.25, 0.3) is 0 Å². The molecule has 3 N–H and O–H groups in total. The molecular formula is C15H15Cl2N5O2. The van der Waals surface area contributed by atoms with Crippen molar-refractivity contribution in [2.75, 3.05) is 10.6 Å². The molecule has 1 aliphatic rings. The largest absolute Gasteiger partial charge is 0.352 e. The monoisotopic (exact) mass is 367 g/mol. The van der Waals surface area contributed by atoms with Gasteiger partial charge in [0.15, 0.2) is 0 Å². The van der Waals surface area contributed by atoms with Crippen LogP contribution in [0.4, 0.5) is 16.2 Å². The lowest BCUT2D eigenvalue weighted by Gasteiger charge is -2.08. The summed E-state index contributed by atoms with van der Waals surface area (Å²) in [4.78, 5) is 23.7. The number of aromatic nitrogens is 2. The molecule has 0 radical (unpaired) electrons. The van der Waals surface area contributed by atoms with E-state index in [1.54, 1.807) is 24.4 Å². The van der Waals surface area contributed by atoms with Crippen molar-refractivity contribution >= 4 is 46.5 Å². The zero-order valence-corrected chi connectivity index (χ0v) is 14.1. The Morgan fingerprint density at radius 1 is 1.25 bits per heavy atom. The van der Waals surface area contributed by atoms with Crippen molar-refractivity contribution in [3.05, 3.63) is 40.6 Å². The first-order valence-corrected chi connectivity index (χ1v) is 8.10. The second-order valence-electron chi connectivity index (χ2n) is 5.47. The van der Waals surface area contributed by atoms with Gasteiger partial charge < -0.3 is 16.0 Å². The average molecular weight is 368 g/mol. The molecule has 24 heavy (non-hydrogen) atoms. The number of rotatable bonds is 5. The zero-order chi connectivity index (χ0) is 17.1. The van der Waals surface area contributed by atoms with Crippen molar-refractivity contribution in [1.29, 1.82) is 0 Å². The summed E-state index contributed by atoms with van der Waals surface area (Å²) in [5, 5.41) is 13.0. The minimum absolute atomic E-state index is 0.0951. The Hall–Kier alpha value is -2.25. The minimum atomic E-state index is -0.485. The molecule has 1 aliphatic carbocycles. The number of carbonyl (C=O) groups is 2. The maximum absolute atomic E-state index is 12.0. The van der Waals surface area contributed by atoms with Crippen LogP contribution in [0.5, 0.6) is 0 Å². The first-order chi connectivity index (χ1) is 11.5. The van der Waals surface area contributed by atoms with Crippen LogP contribution in [-0.2, 0) is 11.3 Å². The fourth-order valence-corrected chi connectivity index (χ4v) is 2.38. The molecule has 2 aromatic rings. The van der Waals surface area contributed by atoms with Crippen molar-refractivity contribution in [2.45, 2.75) is 25.4 Å². The Balaban J connectivity index is 1.54. The van der Waals surface area contributed by atoms with Crippen LogP contribution >= 0.6 is 23.2 Å². The van der Waals surface area contributed by atoms with Crippen LogP contribution in [0.2, 0.25) is 10.0 Å². The molecule has 1 aromatic carbocycles. The molecule has 0 saturated heterocycles. The highest BCUT2D eigenvalue weighted by molar-refractivity contribution is 6.35. The van der Waals surface area contributed by atoms with E-state index in [0.29, 0.717) is 27.5 Å². The summed E-state index contributed by atoms with van der Waals surface area (Å²) < 4.78 is 1.46. The molecule has 1 fully saturated rings. The number of hydrogen-bond acceptors (Lipinski definition) is 3. The van der Waals surface area contributed by atoms with Gasteiger partial charge in [-0.3, -0.25) is 9.48 Å². The predicted molar refractivity (Wildman–Crippen MR) is 92.5 cm³/mol. The molecule has 126 valence electrons. The van der Waals surface area contributed by atoms with E-state index in [2.05, 4.69) is 21.0 Å². The first-order valence-electron chi connectivity index (χ1n) is 7.34. The SMILES string of the molecule is O=C(Cn1cc(NC(=O)Nc2cc(Cl)ccc2Cl)cn1)NC1CC1. The Morgan fingerprint density at radius 2 is 2.04 bits per heavy atom. The van der Waals surface area contributed by atoms with Crippen LogP contribution in [-0.4, -0.2) is 27.8 Å². The molecule has 0 aliphatic heterocycles. The van der Waals surface area contributed by atoms with E-state index in [1.807, 2.05) is 0 Å². The number of urea groups is 1. The topological polar surface area (TPSA) is 88.1 Å². The van der Waals surface area contributed by atoms with Gasteiger partial charge in [0.1, 0.15) is 6.54 Å². The van der Waals surface area contributed by atoms with Crippen molar-refractivity contribution in [3.63, 3.8) is 0 Å². The lowest BCUT2D eigenvalue weighted by Crippen LogP contribution is -2.29. The first kappa shape index (κ1) is 16.6. The molecule has 7 nitrogen and oxygen atoms in total. The van der Waals surface area contributed by atoms with Crippen LogP contribution in [0.3, 0.4) is 0 Å². The lowest BCUT2D eigenvalue weighted by atomic mass is 10.3. The van der Waals surface area contributed by atoms with E-state index < -0.39 is 6.03 Å². The number of nitrogens with zero attached hydrogens (tertiary/aromatic N) is 2. The second-order valence-corrected chi connectivity index (χ2v) is 6.32. The zero-order valence-electron chi connectivity index (χ0n) is 12.6. The normalized spacial score (nSPS) is 13.4. The number of carbonyl (C=O) groups excluding carboxylic acids is 2. The number of nitrogens with one attached hydrogen (secondary N) is 3. The van der Waals surface area contributed by atoms with Gasteiger partial charge in [-0.05, 0) is 31.0 Å². The fraction of sp³-hybridized carbons (Fsp3) is 0.267. The highest BCUT2D eigenvalue weighted by Gasteiger charge is 2.23. The van der Waals surface area contributed by atoms with Gasteiger partial charge in [0.25, 0.3) is 0 Å². The summed E-state index contributed by atoms with van der Waals surface area (Å²) in [5.41, 5.74) is 0.864. The molecule has 1 saturated carbocycles. The summed E-state index contributed by atoms with van der Waals surface area (Å²) in [7, 11) is 0. The quantitative estimate of drug-likeness (QED) is 0.758. The molecule has 0 atom stereocenters. The summed E-state index contributed by atoms with van der Waals surface area (Å²) in [5.74, 6) is -0.0951. The smallest absolute Gasteiger partial charge is 0.323 e. The number of amides is 3. The fourth-order valence-electron chi connectivity index (χ4n) is 2.04. The van der Waals surface area contributed by atoms with E-state index in [0.717, 1.165) is 12.8 Å². The van der Waals surface area contributed by atoms with Gasteiger partial charge in [0.05, 0.1) is 22.6 Å². The molecule has 3 amide bonds. The predicted octanol–water partition coefficient (Wildman–Crippen LogP) is 3.11. The minimum Gasteiger partial charge on any atom is -0.352 e. The van der Waals surface area contributed by atoms with E-state index in [-0.39, 0.29) is 12.5 Å². The van der Waals surface area contributed by atoms with Gasteiger partial charge in [0, 0.05) is 17.3 Å². The second kappa shape index (κ2) is 7.11. The molecule has 0 unspecified atom stereocenters. The van der Waals surface area contributed by atoms with E-state index in [1.165, 1.54) is 10.9 Å². The van der Waals surface area contributed by atoms with Gasteiger partial charge in [-0.2, -0.15) is 5.10 Å². The van der Waals surface area contributed by atoms with Gasteiger partial charge in [-0.15, -0.1) is 0 Å². The van der Waals surface area contributed by atoms with E-state index >= 15 is 0 Å². The maximum Gasteiger partial charge on any atom is 0.323 e. The van der Waals surface area contributed by atoms with Crippen LogP contribution in [0.15, 0.2) is 30.6 Å². The van der Waals surface area contributed by atoms with E-state index in [4.69, 9.17) is 23.2 Å². The number of hydrogen-bond donors (Lipinski definition) is 3. The number of anilines is 2. The Bertz CT molecular complexity index is 773. The van der Waals surface area contributed by atoms with Crippen LogP contribution in [0, 0.1) is 0 Å². The molecule has 0 bridgehead atoms. The third-order valence-corrected chi connectivity index (χ3v) is 3.88. The van der Waals surface area contributed by atoms with Crippen molar-refractivity contribution in [1.82, 2.24) is 15.1 Å². The summed E-state index contributed by atoms with van der Waals surface area (Å²) in [6.07, 6.45) is 5.10. The molecule has 0 spiro atoms. The van der Waals surface area contributed by atoms with E-state index in [9.17, 15) is 9.59 Å². The number of halogens is 2. The molecule has 1 heterocycles. The van der Waals surface area contributed by atoms with Gasteiger partial charge in [-0.1, -0.05) is 23.2 Å². The van der Waals surface area contributed by atoms with Crippen molar-refractivity contribution in [2.24, 2.45) is 0 Å². The lowest BCUT2D eigenvalue weighted by molar-refractivity contribution is -0.122.